The molecule has 0 aromatic heterocycles. The summed E-state index contributed by atoms with van der Waals surface area (Å²) in [6.45, 7) is 4.30. The third-order valence-electron chi connectivity index (χ3n) is 3.44. The van der Waals surface area contributed by atoms with E-state index in [9.17, 15) is 4.79 Å². The Labute approximate surface area is 130 Å². The van der Waals surface area contributed by atoms with Gasteiger partial charge in [-0.3, -0.25) is 4.79 Å². The number of hydrogen-bond acceptors (Lipinski definition) is 3. The number of benzene rings is 2. The van der Waals surface area contributed by atoms with E-state index in [1.807, 2.05) is 19.1 Å². The summed E-state index contributed by atoms with van der Waals surface area (Å²) in [6.07, 6.45) is 0.913. The second-order valence-electron chi connectivity index (χ2n) is 5.06. The maximum Gasteiger partial charge on any atom is 0.243 e. The second kappa shape index (κ2) is 7.28. The van der Waals surface area contributed by atoms with Crippen LogP contribution in [0.3, 0.4) is 0 Å². The molecule has 4 heteroatoms. The summed E-state index contributed by atoms with van der Waals surface area (Å²) >= 11 is 0. The number of carbonyl (C=O) groups excluding carboxylic acids is 1. The van der Waals surface area contributed by atoms with Gasteiger partial charge in [0, 0.05) is 11.4 Å². The molecule has 2 aromatic rings. The Morgan fingerprint density at radius 1 is 1.23 bits per heavy atom. The normalized spacial score (nSPS) is 9.86. The van der Waals surface area contributed by atoms with E-state index < -0.39 is 0 Å². The van der Waals surface area contributed by atoms with Gasteiger partial charge < -0.3 is 10.6 Å². The van der Waals surface area contributed by atoms with Crippen LogP contribution >= 0.6 is 0 Å². The molecule has 0 aliphatic heterocycles. The highest BCUT2D eigenvalue weighted by atomic mass is 16.1. The molecule has 2 N–H and O–H groups in total. The van der Waals surface area contributed by atoms with Gasteiger partial charge in [-0.15, -0.1) is 0 Å². The predicted octanol–water partition coefficient (Wildman–Crippen LogP) is 3.48. The number of para-hydroxylation sites is 1. The number of carbonyl (C=O) groups is 1. The van der Waals surface area contributed by atoms with Crippen LogP contribution in [0.1, 0.15) is 23.6 Å². The van der Waals surface area contributed by atoms with E-state index in [0.29, 0.717) is 11.3 Å². The van der Waals surface area contributed by atoms with Gasteiger partial charge in [0.1, 0.15) is 0 Å². The fourth-order valence-corrected chi connectivity index (χ4v) is 2.32. The Kier molecular flexibility index (Phi) is 5.16. The molecule has 0 atom stereocenters. The van der Waals surface area contributed by atoms with Gasteiger partial charge >= 0.3 is 0 Å². The van der Waals surface area contributed by atoms with Gasteiger partial charge in [0.2, 0.25) is 5.91 Å². The summed E-state index contributed by atoms with van der Waals surface area (Å²) in [5.74, 6) is -0.139. The van der Waals surface area contributed by atoms with Gasteiger partial charge in [0.25, 0.3) is 0 Å². The van der Waals surface area contributed by atoms with Gasteiger partial charge in [-0.2, -0.15) is 5.26 Å². The molecule has 112 valence electrons. The zero-order chi connectivity index (χ0) is 15.9. The molecule has 0 heterocycles. The number of nitrogens with one attached hydrogen (secondary N) is 2. The van der Waals surface area contributed by atoms with E-state index in [-0.39, 0.29) is 12.5 Å². The minimum absolute atomic E-state index is 0.139. The van der Waals surface area contributed by atoms with E-state index in [2.05, 4.69) is 29.7 Å². The summed E-state index contributed by atoms with van der Waals surface area (Å²) in [5.41, 5.74) is 4.49. The Balaban J connectivity index is 2.00. The third-order valence-corrected chi connectivity index (χ3v) is 3.44. The lowest BCUT2D eigenvalue weighted by Gasteiger charge is -2.14. The minimum Gasteiger partial charge on any atom is -0.376 e. The molecule has 0 aliphatic carbocycles. The Morgan fingerprint density at radius 2 is 2.00 bits per heavy atom. The lowest BCUT2D eigenvalue weighted by molar-refractivity contribution is -0.114. The summed E-state index contributed by atoms with van der Waals surface area (Å²) in [7, 11) is 0. The van der Waals surface area contributed by atoms with E-state index in [1.165, 1.54) is 5.56 Å². The zero-order valence-corrected chi connectivity index (χ0v) is 12.8. The predicted molar refractivity (Wildman–Crippen MR) is 88.8 cm³/mol. The molecule has 0 unspecified atom stereocenters. The van der Waals surface area contributed by atoms with Crippen molar-refractivity contribution in [1.29, 1.82) is 5.26 Å². The number of aryl methyl sites for hydroxylation is 2. The number of rotatable bonds is 5. The van der Waals surface area contributed by atoms with E-state index in [4.69, 9.17) is 5.26 Å². The average Bonchev–Trinajstić information content (AvgIpc) is 2.53. The van der Waals surface area contributed by atoms with Crippen LogP contribution in [0, 0.1) is 18.3 Å². The average molecular weight is 293 g/mol. The highest BCUT2D eigenvalue weighted by molar-refractivity contribution is 5.94. The molecule has 0 fully saturated rings. The van der Waals surface area contributed by atoms with Crippen LogP contribution in [-0.2, 0) is 11.2 Å². The van der Waals surface area contributed by atoms with Crippen molar-refractivity contribution in [2.24, 2.45) is 0 Å². The molecule has 0 radical (unpaired) electrons. The van der Waals surface area contributed by atoms with Crippen molar-refractivity contribution < 1.29 is 4.79 Å². The van der Waals surface area contributed by atoms with Crippen molar-refractivity contribution in [2.45, 2.75) is 20.3 Å². The molecular formula is C18H19N3O. The lowest BCUT2D eigenvalue weighted by Crippen LogP contribution is -2.22. The number of amides is 1. The fourth-order valence-electron chi connectivity index (χ4n) is 2.32. The third kappa shape index (κ3) is 3.86. The first-order valence-electron chi connectivity index (χ1n) is 7.26. The van der Waals surface area contributed by atoms with Crippen LogP contribution in [0.5, 0.6) is 0 Å². The number of hydrogen-bond donors (Lipinski definition) is 2. The molecule has 0 bridgehead atoms. The van der Waals surface area contributed by atoms with Gasteiger partial charge in [-0.1, -0.05) is 31.2 Å². The molecule has 1 amide bonds. The Hall–Kier alpha value is -2.80. The van der Waals surface area contributed by atoms with Gasteiger partial charge in [-0.05, 0) is 42.7 Å². The first kappa shape index (κ1) is 15.6. The van der Waals surface area contributed by atoms with E-state index >= 15 is 0 Å². The Morgan fingerprint density at radius 3 is 2.73 bits per heavy atom. The standard InChI is InChI=1S/C18H19N3O/c1-3-15-8-4-6-13(2)18(15)20-12-17(22)21-16-9-5-7-14(10-16)11-19/h4-10,20H,3,12H2,1-2H3,(H,21,22). The number of anilines is 2. The van der Waals surface area contributed by atoms with Crippen LogP contribution in [0.25, 0.3) is 0 Å². The van der Waals surface area contributed by atoms with Crippen molar-refractivity contribution in [3.63, 3.8) is 0 Å². The molecular weight excluding hydrogens is 274 g/mol. The van der Waals surface area contributed by atoms with Crippen LogP contribution in [0.15, 0.2) is 42.5 Å². The van der Waals surface area contributed by atoms with E-state index in [1.54, 1.807) is 24.3 Å². The maximum atomic E-state index is 12.0. The fraction of sp³-hybridized carbons (Fsp3) is 0.222. The molecule has 0 saturated carbocycles. The van der Waals surface area contributed by atoms with Crippen molar-refractivity contribution in [3.05, 3.63) is 59.2 Å². The highest BCUT2D eigenvalue weighted by Crippen LogP contribution is 2.20. The molecule has 0 saturated heterocycles. The quantitative estimate of drug-likeness (QED) is 0.887. The van der Waals surface area contributed by atoms with E-state index in [0.717, 1.165) is 17.7 Å². The van der Waals surface area contributed by atoms with Crippen molar-refractivity contribution in [1.82, 2.24) is 0 Å². The van der Waals surface area contributed by atoms with Crippen LogP contribution in [-0.4, -0.2) is 12.5 Å². The number of nitriles is 1. The van der Waals surface area contributed by atoms with Gasteiger partial charge in [0.05, 0.1) is 18.2 Å². The molecule has 4 nitrogen and oxygen atoms in total. The van der Waals surface area contributed by atoms with Crippen molar-refractivity contribution >= 4 is 17.3 Å². The molecule has 22 heavy (non-hydrogen) atoms. The van der Waals surface area contributed by atoms with Crippen molar-refractivity contribution in [2.75, 3.05) is 17.2 Å². The first-order chi connectivity index (χ1) is 10.6. The van der Waals surface area contributed by atoms with Crippen molar-refractivity contribution in [3.8, 4) is 6.07 Å². The monoisotopic (exact) mass is 293 g/mol. The van der Waals surface area contributed by atoms with Crippen LogP contribution < -0.4 is 10.6 Å². The minimum atomic E-state index is -0.139. The molecule has 0 aliphatic rings. The molecule has 2 rings (SSSR count). The summed E-state index contributed by atoms with van der Waals surface area (Å²) in [5, 5.41) is 14.9. The molecule has 2 aromatic carbocycles. The second-order valence-corrected chi connectivity index (χ2v) is 5.06. The maximum absolute atomic E-state index is 12.0. The largest absolute Gasteiger partial charge is 0.376 e. The zero-order valence-electron chi connectivity index (χ0n) is 12.8. The smallest absolute Gasteiger partial charge is 0.243 e. The summed E-state index contributed by atoms with van der Waals surface area (Å²) < 4.78 is 0. The van der Waals surface area contributed by atoms with Gasteiger partial charge in [0.15, 0.2) is 0 Å². The number of nitrogens with zero attached hydrogens (tertiary/aromatic N) is 1. The van der Waals surface area contributed by atoms with Gasteiger partial charge in [-0.25, -0.2) is 0 Å². The highest BCUT2D eigenvalue weighted by Gasteiger charge is 2.07. The summed E-state index contributed by atoms with van der Waals surface area (Å²) in [4.78, 5) is 12.0. The molecule has 0 spiro atoms. The lowest BCUT2D eigenvalue weighted by atomic mass is 10.1. The Bertz CT molecular complexity index is 717. The summed E-state index contributed by atoms with van der Waals surface area (Å²) in [6, 6.07) is 15.0. The van der Waals surface area contributed by atoms with Crippen LogP contribution in [0.2, 0.25) is 0 Å². The van der Waals surface area contributed by atoms with Crippen LogP contribution in [0.4, 0.5) is 11.4 Å². The SMILES string of the molecule is CCc1cccc(C)c1NCC(=O)Nc1cccc(C#N)c1. The topological polar surface area (TPSA) is 64.9 Å². The first-order valence-corrected chi connectivity index (χ1v) is 7.26.